The summed E-state index contributed by atoms with van der Waals surface area (Å²) >= 11 is 1.73. The zero-order valence-corrected chi connectivity index (χ0v) is 22.2. The molecule has 8 rings (SSSR count). The van der Waals surface area contributed by atoms with Gasteiger partial charge in [0.2, 0.25) is 0 Å². The van der Waals surface area contributed by atoms with Crippen molar-refractivity contribution in [3.05, 3.63) is 133 Å². The molecule has 0 aliphatic carbocycles. The van der Waals surface area contributed by atoms with Gasteiger partial charge in [-0.05, 0) is 41.5 Å². The molecule has 0 radical (unpaired) electrons. The predicted octanol–water partition coefficient (Wildman–Crippen LogP) is 9.16. The van der Waals surface area contributed by atoms with Gasteiger partial charge in [-0.15, -0.1) is 0 Å². The molecule has 0 spiro atoms. The minimum absolute atomic E-state index is 0.722. The number of hydrogen-bond donors (Lipinski definition) is 0. The fourth-order valence-electron chi connectivity index (χ4n) is 5.26. The third-order valence-electron chi connectivity index (χ3n) is 7.27. The molecule has 0 bridgehead atoms. The van der Waals surface area contributed by atoms with E-state index in [9.17, 15) is 0 Å². The molecule has 0 saturated heterocycles. The number of hydrogen-bond acceptors (Lipinski definition) is 4. The van der Waals surface area contributed by atoms with Crippen LogP contribution in [0.4, 0.5) is 0 Å². The van der Waals surface area contributed by atoms with Gasteiger partial charge in [-0.3, -0.25) is 4.40 Å². The Bertz CT molecular complexity index is 2090. The second-order valence-corrected chi connectivity index (χ2v) is 10.8. The molecule has 0 unspecified atom stereocenters. The van der Waals surface area contributed by atoms with Gasteiger partial charge in [0.25, 0.3) is 0 Å². The van der Waals surface area contributed by atoms with E-state index in [2.05, 4.69) is 101 Å². The number of rotatable bonds is 4. The van der Waals surface area contributed by atoms with Crippen molar-refractivity contribution in [2.45, 2.75) is 0 Å². The van der Waals surface area contributed by atoms with Crippen molar-refractivity contribution >= 4 is 37.5 Å². The van der Waals surface area contributed by atoms with Crippen molar-refractivity contribution in [3.8, 4) is 45.0 Å². The lowest BCUT2D eigenvalue weighted by molar-refractivity contribution is 1.18. The molecule has 5 heteroatoms. The van der Waals surface area contributed by atoms with E-state index < -0.39 is 0 Å². The fourth-order valence-corrected chi connectivity index (χ4v) is 6.30. The summed E-state index contributed by atoms with van der Waals surface area (Å²) in [6.07, 6.45) is 0. The third kappa shape index (κ3) is 3.87. The van der Waals surface area contributed by atoms with E-state index in [1.165, 1.54) is 10.2 Å². The van der Waals surface area contributed by atoms with E-state index in [1.807, 2.05) is 36.4 Å². The lowest BCUT2D eigenvalue weighted by Crippen LogP contribution is -1.95. The number of para-hydroxylation sites is 1. The van der Waals surface area contributed by atoms with E-state index in [0.29, 0.717) is 0 Å². The van der Waals surface area contributed by atoms with Crippen LogP contribution in [0.5, 0.6) is 0 Å². The van der Waals surface area contributed by atoms with Crippen LogP contribution in [-0.2, 0) is 0 Å². The largest absolute Gasteiger partial charge is 0.283 e. The summed E-state index contributed by atoms with van der Waals surface area (Å²) < 4.78 is 3.51. The summed E-state index contributed by atoms with van der Waals surface area (Å²) in [5, 5.41) is 0. The predicted molar refractivity (Wildman–Crippen MR) is 165 cm³/mol. The van der Waals surface area contributed by atoms with Crippen LogP contribution in [0.15, 0.2) is 133 Å². The zero-order valence-electron chi connectivity index (χ0n) is 21.4. The Kier molecular flexibility index (Phi) is 5.28. The van der Waals surface area contributed by atoms with Crippen LogP contribution in [0.25, 0.3) is 71.2 Å². The van der Waals surface area contributed by atoms with Gasteiger partial charge in [-0.2, -0.15) is 0 Å². The minimum atomic E-state index is 0.722. The summed E-state index contributed by atoms with van der Waals surface area (Å²) in [5.41, 5.74) is 10.6. The van der Waals surface area contributed by atoms with Gasteiger partial charge in [-0.25, -0.2) is 15.0 Å². The first-order valence-electron chi connectivity index (χ1n) is 13.2. The maximum absolute atomic E-state index is 4.97. The summed E-state index contributed by atoms with van der Waals surface area (Å²) in [6.45, 7) is 0. The molecule has 0 aliphatic rings. The van der Waals surface area contributed by atoms with Crippen LogP contribution >= 0.6 is 11.3 Å². The second-order valence-electron chi connectivity index (χ2n) is 9.77. The van der Waals surface area contributed by atoms with Gasteiger partial charge in [0.1, 0.15) is 0 Å². The number of aromatic nitrogens is 4. The van der Waals surface area contributed by atoms with Crippen molar-refractivity contribution in [2.75, 3.05) is 0 Å². The Morgan fingerprint density at radius 3 is 1.80 bits per heavy atom. The van der Waals surface area contributed by atoms with Crippen LogP contribution in [0.3, 0.4) is 0 Å². The van der Waals surface area contributed by atoms with E-state index in [-0.39, 0.29) is 0 Å². The SMILES string of the molecule is c1ccc(-c2cc(-c3ccc(-c4ccc5nc6sc7ccccc7n6c5c4)cc3)nc(-c3ccccc3)n2)cc1. The van der Waals surface area contributed by atoms with Crippen LogP contribution in [0, 0.1) is 0 Å². The monoisotopic (exact) mass is 530 g/mol. The molecule has 4 nitrogen and oxygen atoms in total. The zero-order chi connectivity index (χ0) is 26.5. The first-order valence-corrected chi connectivity index (χ1v) is 14.0. The van der Waals surface area contributed by atoms with E-state index in [1.54, 1.807) is 11.3 Å². The van der Waals surface area contributed by atoms with Crippen molar-refractivity contribution in [2.24, 2.45) is 0 Å². The van der Waals surface area contributed by atoms with E-state index in [0.717, 1.165) is 61.0 Å². The molecule has 0 saturated carbocycles. The summed E-state index contributed by atoms with van der Waals surface area (Å²) in [4.78, 5) is 15.8. The van der Waals surface area contributed by atoms with Gasteiger partial charge >= 0.3 is 0 Å². The maximum atomic E-state index is 4.97. The Balaban J connectivity index is 1.21. The van der Waals surface area contributed by atoms with Gasteiger partial charge < -0.3 is 0 Å². The number of thiazole rings is 1. The molecule has 5 aromatic carbocycles. The molecular formula is C35H22N4S. The molecule has 3 heterocycles. The molecule has 40 heavy (non-hydrogen) atoms. The molecule has 0 fully saturated rings. The topological polar surface area (TPSA) is 43.1 Å². The molecule has 188 valence electrons. The van der Waals surface area contributed by atoms with Crippen LogP contribution in [-0.4, -0.2) is 19.4 Å². The lowest BCUT2D eigenvalue weighted by atomic mass is 10.0. The highest BCUT2D eigenvalue weighted by Crippen LogP contribution is 2.33. The van der Waals surface area contributed by atoms with E-state index in [4.69, 9.17) is 15.0 Å². The maximum Gasteiger partial charge on any atom is 0.195 e. The summed E-state index contributed by atoms with van der Waals surface area (Å²) in [6, 6.07) is 46.2. The highest BCUT2D eigenvalue weighted by Gasteiger charge is 2.13. The van der Waals surface area contributed by atoms with Gasteiger partial charge in [-0.1, -0.05) is 114 Å². The quantitative estimate of drug-likeness (QED) is 0.228. The molecular weight excluding hydrogens is 508 g/mol. The first-order chi connectivity index (χ1) is 19.8. The second kappa shape index (κ2) is 9.26. The number of benzene rings is 5. The average Bonchev–Trinajstić information content (AvgIpc) is 3.57. The number of nitrogens with zero attached hydrogens (tertiary/aromatic N) is 4. The van der Waals surface area contributed by atoms with Crippen molar-refractivity contribution in [3.63, 3.8) is 0 Å². The molecule has 0 N–H and O–H groups in total. The summed E-state index contributed by atoms with van der Waals surface area (Å²) in [5.74, 6) is 0.722. The normalized spacial score (nSPS) is 11.5. The van der Waals surface area contributed by atoms with Gasteiger partial charge in [0.15, 0.2) is 10.8 Å². The van der Waals surface area contributed by atoms with Crippen molar-refractivity contribution in [1.29, 1.82) is 0 Å². The molecule has 0 aliphatic heterocycles. The minimum Gasteiger partial charge on any atom is -0.283 e. The van der Waals surface area contributed by atoms with Crippen molar-refractivity contribution in [1.82, 2.24) is 19.4 Å². The van der Waals surface area contributed by atoms with Crippen LogP contribution in [0.1, 0.15) is 0 Å². The Morgan fingerprint density at radius 2 is 1.05 bits per heavy atom. The van der Waals surface area contributed by atoms with Gasteiger partial charge in [0.05, 0.1) is 32.6 Å². The standard InChI is InChI=1S/C35H22N4S/c1-3-9-24(10-4-1)29-22-30(37-34(36-29)26-11-5-2-6-12-26)25-17-15-23(16-18-25)27-19-20-28-32(21-27)39-31-13-7-8-14-33(31)40-35(39)38-28/h1-22H. The average molecular weight is 531 g/mol. The van der Waals surface area contributed by atoms with Crippen LogP contribution in [0.2, 0.25) is 0 Å². The smallest absolute Gasteiger partial charge is 0.195 e. The molecule has 0 atom stereocenters. The Morgan fingerprint density at radius 1 is 0.450 bits per heavy atom. The van der Waals surface area contributed by atoms with Crippen molar-refractivity contribution < 1.29 is 0 Å². The molecule has 0 amide bonds. The third-order valence-corrected chi connectivity index (χ3v) is 8.29. The van der Waals surface area contributed by atoms with Crippen LogP contribution < -0.4 is 0 Å². The first kappa shape index (κ1) is 22.8. The Labute approximate surface area is 234 Å². The Hall–Kier alpha value is -5.13. The molecule has 3 aromatic heterocycles. The summed E-state index contributed by atoms with van der Waals surface area (Å²) in [7, 11) is 0. The fraction of sp³-hybridized carbons (Fsp3) is 0. The van der Waals surface area contributed by atoms with E-state index >= 15 is 0 Å². The number of fused-ring (bicyclic) bond motifs is 5. The highest BCUT2D eigenvalue weighted by molar-refractivity contribution is 7.23. The lowest BCUT2D eigenvalue weighted by Gasteiger charge is -2.10. The van der Waals surface area contributed by atoms with Gasteiger partial charge in [0, 0.05) is 16.7 Å². The number of imidazole rings is 1. The molecule has 8 aromatic rings. The highest BCUT2D eigenvalue weighted by atomic mass is 32.1.